The molecule has 11 atom stereocenters. The third kappa shape index (κ3) is 30.1. The van der Waals surface area contributed by atoms with E-state index in [1.54, 1.807) is 34.6 Å². The molecule has 0 aliphatic heterocycles. The van der Waals surface area contributed by atoms with Gasteiger partial charge in [0, 0.05) is 56.0 Å². The smallest absolute Gasteiger partial charge is 0.303 e. The number of primary amides is 1. The van der Waals surface area contributed by atoms with Crippen LogP contribution in [0, 0.1) is 23.7 Å². The molecule has 0 radical (unpaired) electrons. The topological polar surface area (TPSA) is 533 Å². The Bertz CT molecular complexity index is 2650. The van der Waals surface area contributed by atoms with Gasteiger partial charge in [-0.25, -0.2) is 9.97 Å². The Kier molecular flexibility index (Phi) is 35.2. The van der Waals surface area contributed by atoms with E-state index in [0.717, 1.165) is 0 Å². The number of aromatic amines is 2. The lowest BCUT2D eigenvalue weighted by Crippen LogP contribution is -2.61. The van der Waals surface area contributed by atoms with E-state index < -0.39 is 138 Å². The molecule has 32 heteroatoms. The number of carbonyl (C=O) groups is 12. The molecular formula is C58H99N19O13. The maximum absolute atomic E-state index is 14.7. The van der Waals surface area contributed by atoms with E-state index in [9.17, 15) is 57.5 Å². The number of aromatic nitrogens is 4. The summed E-state index contributed by atoms with van der Waals surface area (Å²) in [6, 6.07) is -13.0. The summed E-state index contributed by atoms with van der Waals surface area (Å²) in [5.74, 6) is -10.7. The molecule has 0 spiro atoms. The molecule has 32 nitrogen and oxygen atoms in total. The van der Waals surface area contributed by atoms with Crippen LogP contribution < -0.4 is 76.5 Å². The summed E-state index contributed by atoms with van der Waals surface area (Å²) in [4.78, 5) is 180. The minimum Gasteiger partial charge on any atom is -0.481 e. The van der Waals surface area contributed by atoms with Crippen LogP contribution in [0.3, 0.4) is 0 Å². The molecule has 0 aliphatic carbocycles. The Morgan fingerprint density at radius 3 is 1.40 bits per heavy atom. The summed E-state index contributed by atoms with van der Waals surface area (Å²) < 4.78 is 0. The van der Waals surface area contributed by atoms with E-state index in [1.165, 1.54) is 25.0 Å². The Labute approximate surface area is 525 Å². The van der Waals surface area contributed by atoms with Crippen molar-refractivity contribution in [2.45, 2.75) is 212 Å². The first-order valence-electron chi connectivity index (χ1n) is 30.6. The highest BCUT2D eigenvalue weighted by Gasteiger charge is 2.37. The normalized spacial score (nSPS) is 14.9. The van der Waals surface area contributed by atoms with Gasteiger partial charge in [-0.05, 0) is 94.4 Å². The molecule has 0 aromatic carbocycles. The standard InChI is InChI=1S/C58H99N19O13/c1-9-34(8)48(77-52(85)39(13-10-11-19-59)70-49(82)38(60)24-36-26-64-29-67-36)57(90)76-44(23-33(6)7)55(88)75-45(25-37-27-65-30-68-37)56(89)71-40(14-12-20-66-58(62)63)51(84)73-43(22-32(4)5)54(87)74-42(21-31(2)3)53(86)72-41(16-17-46(61)79)50(83)69-35(28-78)15-18-47(80)81/h26-35,38-45,48H,9-25,59-60H2,1-8H3,(H2,61,79)(H,64,67)(H,65,68)(H,69,83)(H,70,82)(H,71,89)(H,72,86)(H,73,84)(H,74,87)(H,75,88)(H,76,90)(H,77,85)(H,80,81)(H4,62,63,66)/t34-,35-,38-,39-,40-,41-,42-,43-,44-,45-,48-/m0/s1. The summed E-state index contributed by atoms with van der Waals surface area (Å²) in [5, 5.41) is 33.2. The number of carbonyl (C=O) groups excluding carboxylic acids is 11. The van der Waals surface area contributed by atoms with Crippen molar-refractivity contribution in [2.24, 2.45) is 57.3 Å². The van der Waals surface area contributed by atoms with Crippen molar-refractivity contribution in [2.75, 3.05) is 13.1 Å². The number of carboxylic acid groups (broad SMARTS) is 1. The highest BCUT2D eigenvalue weighted by molar-refractivity contribution is 5.98. The number of hydrogen-bond donors (Lipinski definition) is 17. The van der Waals surface area contributed by atoms with Gasteiger partial charge in [0.25, 0.3) is 0 Å². The van der Waals surface area contributed by atoms with Gasteiger partial charge in [0.2, 0.25) is 59.1 Å². The third-order valence-corrected chi connectivity index (χ3v) is 14.4. The van der Waals surface area contributed by atoms with Crippen molar-refractivity contribution in [1.29, 1.82) is 0 Å². The molecule has 0 fully saturated rings. The molecule has 2 aromatic rings. The maximum atomic E-state index is 14.7. The van der Waals surface area contributed by atoms with E-state index in [4.69, 9.17) is 33.8 Å². The van der Waals surface area contributed by atoms with E-state index in [0.29, 0.717) is 43.5 Å². The predicted molar refractivity (Wildman–Crippen MR) is 332 cm³/mol. The van der Waals surface area contributed by atoms with Crippen LogP contribution in [-0.4, -0.2) is 176 Å². The molecule has 90 heavy (non-hydrogen) atoms. The molecule has 10 amide bonds. The molecule has 0 unspecified atom stereocenters. The van der Waals surface area contributed by atoms with Crippen LogP contribution in [0.25, 0.3) is 0 Å². The number of aldehydes is 1. The zero-order chi connectivity index (χ0) is 67.6. The molecule has 2 rings (SSSR count). The summed E-state index contributed by atoms with van der Waals surface area (Å²) in [6.45, 7) is 14.6. The Morgan fingerprint density at radius 2 is 0.956 bits per heavy atom. The number of carboxylic acids is 1. The molecule has 0 bridgehead atoms. The van der Waals surface area contributed by atoms with E-state index in [2.05, 4.69) is 72.8 Å². The van der Waals surface area contributed by atoms with Gasteiger partial charge in [-0.3, -0.25) is 57.7 Å². The fourth-order valence-corrected chi connectivity index (χ4v) is 9.34. The highest BCUT2D eigenvalue weighted by atomic mass is 16.4. The fraction of sp³-hybridized carbons (Fsp3) is 0.672. The van der Waals surface area contributed by atoms with Crippen LogP contribution in [-0.2, 0) is 70.4 Å². The average Bonchev–Trinajstić information content (AvgIpc) is 1.70. The first-order valence-corrected chi connectivity index (χ1v) is 30.6. The number of guanidine groups is 1. The Morgan fingerprint density at radius 1 is 0.533 bits per heavy atom. The van der Waals surface area contributed by atoms with Crippen molar-refractivity contribution >= 4 is 77.3 Å². The van der Waals surface area contributed by atoms with Crippen molar-refractivity contribution < 1.29 is 62.6 Å². The molecule has 2 heterocycles. The zero-order valence-corrected chi connectivity index (χ0v) is 53.1. The number of amides is 10. The number of H-pyrrole nitrogens is 2. The number of nitrogens with two attached hydrogens (primary N) is 5. The second kappa shape index (κ2) is 40.9. The summed E-state index contributed by atoms with van der Waals surface area (Å²) in [7, 11) is 0. The number of imidazole rings is 2. The fourth-order valence-electron chi connectivity index (χ4n) is 9.34. The second-order valence-electron chi connectivity index (χ2n) is 23.8. The number of rotatable bonds is 45. The quantitative estimate of drug-likeness (QED) is 0.0139. The number of nitrogens with zero attached hydrogens (tertiary/aromatic N) is 3. The van der Waals surface area contributed by atoms with Gasteiger partial charge in [0.05, 0.1) is 24.7 Å². The van der Waals surface area contributed by atoms with Crippen LogP contribution >= 0.6 is 0 Å². The van der Waals surface area contributed by atoms with Gasteiger partial charge in [0.1, 0.15) is 54.6 Å². The van der Waals surface area contributed by atoms with Crippen molar-refractivity contribution in [3.05, 3.63) is 36.4 Å². The minimum atomic E-state index is -1.47. The lowest BCUT2D eigenvalue weighted by Gasteiger charge is -2.30. The molecule has 22 N–H and O–H groups in total. The van der Waals surface area contributed by atoms with Crippen LogP contribution in [0.2, 0.25) is 0 Å². The lowest BCUT2D eigenvalue weighted by atomic mass is 9.96. The zero-order valence-electron chi connectivity index (χ0n) is 53.1. The van der Waals surface area contributed by atoms with Gasteiger partial charge in [-0.1, -0.05) is 61.8 Å². The van der Waals surface area contributed by atoms with E-state index in [-0.39, 0.29) is 101 Å². The molecule has 504 valence electrons. The first-order chi connectivity index (χ1) is 42.5. The van der Waals surface area contributed by atoms with Crippen LogP contribution in [0.5, 0.6) is 0 Å². The Balaban J connectivity index is 2.53. The van der Waals surface area contributed by atoms with E-state index in [1.807, 2.05) is 20.8 Å². The molecule has 0 saturated carbocycles. The number of hydrogen-bond acceptors (Lipinski definition) is 17. The molecular weight excluding hydrogens is 1170 g/mol. The SMILES string of the molecule is CC[C@H](C)[C@H](NC(=O)[C@H](CCCCN)NC(=O)[C@@H](N)Cc1cnc[nH]1)C(=O)N[C@@H](CC(C)C)C(=O)N[C@@H](Cc1cnc[nH]1)C(=O)N[C@@H](CCCN=C(N)N)C(=O)N[C@@H](CC(C)C)C(=O)N[C@@H](CC(C)C)C(=O)N[C@@H](CCC(N)=O)C(=O)N[C@H](C=O)CCC(=O)O. The highest BCUT2D eigenvalue weighted by Crippen LogP contribution is 2.16. The largest absolute Gasteiger partial charge is 0.481 e. The van der Waals surface area contributed by atoms with Gasteiger partial charge in [-0.15, -0.1) is 0 Å². The van der Waals surface area contributed by atoms with Crippen LogP contribution in [0.4, 0.5) is 0 Å². The van der Waals surface area contributed by atoms with Gasteiger partial charge in [0.15, 0.2) is 5.96 Å². The molecule has 2 aromatic heterocycles. The number of aliphatic carboxylic acids is 1. The van der Waals surface area contributed by atoms with Crippen molar-refractivity contribution in [3.8, 4) is 0 Å². The van der Waals surface area contributed by atoms with Crippen molar-refractivity contribution in [1.82, 2.24) is 67.8 Å². The number of unbranched alkanes of at least 4 members (excludes halogenated alkanes) is 1. The van der Waals surface area contributed by atoms with Gasteiger partial charge >= 0.3 is 5.97 Å². The summed E-state index contributed by atoms with van der Waals surface area (Å²) >= 11 is 0. The number of nitrogens with one attached hydrogen (secondary N) is 11. The van der Waals surface area contributed by atoms with Crippen molar-refractivity contribution in [3.63, 3.8) is 0 Å². The predicted octanol–water partition coefficient (Wildman–Crippen LogP) is -2.70. The summed E-state index contributed by atoms with van der Waals surface area (Å²) in [6.07, 6.45) is 6.18. The number of aliphatic imine (C=N–C) groups is 1. The summed E-state index contributed by atoms with van der Waals surface area (Å²) in [5.41, 5.74) is 29.5. The average molecular weight is 1270 g/mol. The molecule has 0 saturated heterocycles. The van der Waals surface area contributed by atoms with Crippen LogP contribution in [0.15, 0.2) is 30.0 Å². The maximum Gasteiger partial charge on any atom is 0.303 e. The minimum absolute atomic E-state index is 0.00518. The first kappa shape index (κ1) is 77.5. The van der Waals surface area contributed by atoms with Crippen LogP contribution in [0.1, 0.15) is 150 Å². The third-order valence-electron chi connectivity index (χ3n) is 14.4. The lowest BCUT2D eigenvalue weighted by molar-refractivity contribution is -0.138. The monoisotopic (exact) mass is 1270 g/mol. The molecule has 0 aliphatic rings. The second-order valence-corrected chi connectivity index (χ2v) is 23.8. The Hall–Kier alpha value is -8.55. The van der Waals surface area contributed by atoms with Gasteiger partial charge in [-0.2, -0.15) is 0 Å². The van der Waals surface area contributed by atoms with E-state index >= 15 is 0 Å². The van der Waals surface area contributed by atoms with Gasteiger partial charge < -0.3 is 96.4 Å².